The van der Waals surface area contributed by atoms with E-state index in [1.165, 1.54) is 6.92 Å². The maximum absolute atomic E-state index is 12.4. The fourth-order valence-electron chi connectivity index (χ4n) is 1.99. The molecule has 1 N–H and O–H groups in total. The van der Waals surface area contributed by atoms with Gasteiger partial charge in [-0.1, -0.05) is 26.7 Å². The number of hydrogen-bond acceptors (Lipinski definition) is 3. The second-order valence-corrected chi connectivity index (χ2v) is 5.77. The Morgan fingerprint density at radius 3 is 2.37 bits per heavy atom. The van der Waals surface area contributed by atoms with Crippen LogP contribution >= 0.6 is 0 Å². The fourth-order valence-corrected chi connectivity index (χ4v) is 1.99. The molecule has 0 aliphatic carbocycles. The number of carbonyl (C=O) groups excluding carboxylic acids is 1. The topological polar surface area (TPSA) is 46.5 Å². The van der Waals surface area contributed by atoms with E-state index in [0.29, 0.717) is 18.3 Å². The highest BCUT2D eigenvalue weighted by Crippen LogP contribution is 2.20. The van der Waals surface area contributed by atoms with Crippen molar-refractivity contribution in [2.24, 2.45) is 11.8 Å². The standard InChI is InChI=1S/C15H29FO3/c1-11(9-12(2)14(4)17)7-5-6-8-15(18)19-10-13(3)16/h11-14,17H,5-10H2,1-4H3. The number of rotatable bonds is 10. The zero-order valence-corrected chi connectivity index (χ0v) is 12.7. The third-order valence-corrected chi connectivity index (χ3v) is 3.40. The molecule has 0 heterocycles. The Morgan fingerprint density at radius 2 is 1.84 bits per heavy atom. The molecule has 0 aromatic rings. The van der Waals surface area contributed by atoms with Crippen LogP contribution < -0.4 is 0 Å². The lowest BCUT2D eigenvalue weighted by molar-refractivity contribution is -0.145. The zero-order valence-electron chi connectivity index (χ0n) is 12.7. The van der Waals surface area contributed by atoms with Gasteiger partial charge in [0.2, 0.25) is 0 Å². The van der Waals surface area contributed by atoms with Crippen LogP contribution in [0.2, 0.25) is 0 Å². The van der Waals surface area contributed by atoms with Gasteiger partial charge in [-0.15, -0.1) is 0 Å². The Hall–Kier alpha value is -0.640. The Morgan fingerprint density at radius 1 is 1.21 bits per heavy atom. The first kappa shape index (κ1) is 18.4. The lowest BCUT2D eigenvalue weighted by Crippen LogP contribution is -2.16. The van der Waals surface area contributed by atoms with Crippen molar-refractivity contribution in [1.82, 2.24) is 0 Å². The van der Waals surface area contributed by atoms with E-state index in [1.807, 2.05) is 6.92 Å². The molecule has 0 amide bonds. The highest BCUT2D eigenvalue weighted by atomic mass is 19.1. The summed E-state index contributed by atoms with van der Waals surface area (Å²) in [7, 11) is 0. The normalized spacial score (nSPS) is 17.6. The number of carbonyl (C=O) groups is 1. The monoisotopic (exact) mass is 276 g/mol. The minimum atomic E-state index is -1.09. The van der Waals surface area contributed by atoms with E-state index in [2.05, 4.69) is 13.8 Å². The van der Waals surface area contributed by atoms with Crippen molar-refractivity contribution < 1.29 is 19.0 Å². The van der Waals surface area contributed by atoms with Gasteiger partial charge in [0, 0.05) is 6.42 Å². The first-order chi connectivity index (χ1) is 8.82. The Labute approximate surface area is 116 Å². The Balaban J connectivity index is 3.55. The van der Waals surface area contributed by atoms with Crippen molar-refractivity contribution in [2.45, 2.75) is 72.1 Å². The number of unbranched alkanes of at least 4 members (excludes halogenated alkanes) is 1. The molecule has 0 aliphatic heterocycles. The third-order valence-electron chi connectivity index (χ3n) is 3.40. The molecule has 0 aliphatic rings. The molecular weight excluding hydrogens is 247 g/mol. The first-order valence-corrected chi connectivity index (χ1v) is 7.30. The average Bonchev–Trinajstić information content (AvgIpc) is 2.31. The maximum Gasteiger partial charge on any atom is 0.305 e. The van der Waals surface area contributed by atoms with Gasteiger partial charge >= 0.3 is 5.97 Å². The van der Waals surface area contributed by atoms with Crippen molar-refractivity contribution in [1.29, 1.82) is 0 Å². The number of aliphatic hydroxyl groups is 1. The summed E-state index contributed by atoms with van der Waals surface area (Å²) in [5.41, 5.74) is 0. The van der Waals surface area contributed by atoms with Gasteiger partial charge in [-0.05, 0) is 38.5 Å². The first-order valence-electron chi connectivity index (χ1n) is 7.30. The quantitative estimate of drug-likeness (QED) is 0.491. The predicted octanol–water partition coefficient (Wildman–Crippen LogP) is 3.49. The van der Waals surface area contributed by atoms with Crippen molar-refractivity contribution >= 4 is 5.97 Å². The number of hydrogen-bond donors (Lipinski definition) is 1. The van der Waals surface area contributed by atoms with Gasteiger partial charge in [0.05, 0.1) is 6.10 Å². The molecule has 0 bridgehead atoms. The van der Waals surface area contributed by atoms with Crippen LogP contribution in [0.4, 0.5) is 4.39 Å². The van der Waals surface area contributed by atoms with Gasteiger partial charge < -0.3 is 9.84 Å². The summed E-state index contributed by atoms with van der Waals surface area (Å²) in [6, 6.07) is 0. The molecule has 0 rings (SSSR count). The summed E-state index contributed by atoms with van der Waals surface area (Å²) in [6.07, 6.45) is 2.81. The number of esters is 1. The van der Waals surface area contributed by atoms with E-state index in [0.717, 1.165) is 25.7 Å². The van der Waals surface area contributed by atoms with Crippen LogP contribution in [0, 0.1) is 11.8 Å². The zero-order chi connectivity index (χ0) is 14.8. The van der Waals surface area contributed by atoms with Gasteiger partial charge in [0.1, 0.15) is 12.8 Å². The summed E-state index contributed by atoms with van der Waals surface area (Å²) < 4.78 is 17.2. The highest BCUT2D eigenvalue weighted by molar-refractivity contribution is 5.69. The van der Waals surface area contributed by atoms with Crippen molar-refractivity contribution in [3.8, 4) is 0 Å². The third kappa shape index (κ3) is 10.9. The van der Waals surface area contributed by atoms with Crippen molar-refractivity contribution in [3.05, 3.63) is 0 Å². The maximum atomic E-state index is 12.4. The molecule has 0 saturated carbocycles. The average molecular weight is 276 g/mol. The highest BCUT2D eigenvalue weighted by Gasteiger charge is 2.13. The molecule has 3 nitrogen and oxygen atoms in total. The van der Waals surface area contributed by atoms with Crippen LogP contribution in [-0.2, 0) is 9.53 Å². The van der Waals surface area contributed by atoms with E-state index in [9.17, 15) is 14.3 Å². The largest absolute Gasteiger partial charge is 0.463 e. The molecule has 0 aromatic heterocycles. The van der Waals surface area contributed by atoms with E-state index in [1.54, 1.807) is 0 Å². The second-order valence-electron chi connectivity index (χ2n) is 5.77. The molecule has 4 heteroatoms. The van der Waals surface area contributed by atoms with E-state index < -0.39 is 6.17 Å². The fraction of sp³-hybridized carbons (Fsp3) is 0.933. The van der Waals surface area contributed by atoms with Gasteiger partial charge in [-0.2, -0.15) is 0 Å². The molecule has 0 fully saturated rings. The van der Waals surface area contributed by atoms with E-state index in [-0.39, 0.29) is 18.7 Å². The number of halogens is 1. The minimum absolute atomic E-state index is 0.138. The summed E-state index contributed by atoms with van der Waals surface area (Å²) in [5.74, 6) is 0.548. The summed E-state index contributed by atoms with van der Waals surface area (Å²) in [4.78, 5) is 11.2. The summed E-state index contributed by atoms with van der Waals surface area (Å²) in [5, 5.41) is 9.43. The lowest BCUT2D eigenvalue weighted by Gasteiger charge is -2.19. The smallest absolute Gasteiger partial charge is 0.305 e. The molecule has 0 saturated heterocycles. The van der Waals surface area contributed by atoms with Gasteiger partial charge in [0.25, 0.3) is 0 Å². The summed E-state index contributed by atoms with van der Waals surface area (Å²) >= 11 is 0. The molecule has 4 atom stereocenters. The van der Waals surface area contributed by atoms with Gasteiger partial charge in [0.15, 0.2) is 0 Å². The van der Waals surface area contributed by atoms with Crippen LogP contribution in [0.1, 0.15) is 59.8 Å². The molecule has 0 radical (unpaired) electrons. The molecule has 4 unspecified atom stereocenters. The second kappa shape index (κ2) is 10.2. The van der Waals surface area contributed by atoms with E-state index in [4.69, 9.17) is 4.74 Å². The van der Waals surface area contributed by atoms with Crippen LogP contribution in [0.3, 0.4) is 0 Å². The van der Waals surface area contributed by atoms with Crippen molar-refractivity contribution in [3.63, 3.8) is 0 Å². The minimum Gasteiger partial charge on any atom is -0.463 e. The molecule has 0 spiro atoms. The van der Waals surface area contributed by atoms with Crippen LogP contribution in [0.15, 0.2) is 0 Å². The molecular formula is C15H29FO3. The molecule has 0 aromatic carbocycles. The van der Waals surface area contributed by atoms with E-state index >= 15 is 0 Å². The van der Waals surface area contributed by atoms with Crippen LogP contribution in [-0.4, -0.2) is 30.0 Å². The molecule has 114 valence electrons. The SMILES string of the molecule is CC(F)COC(=O)CCCCC(C)CC(C)C(C)O. The molecule has 19 heavy (non-hydrogen) atoms. The van der Waals surface area contributed by atoms with Crippen molar-refractivity contribution in [2.75, 3.05) is 6.61 Å². The Kier molecular flexibility index (Phi) is 9.84. The van der Waals surface area contributed by atoms with Gasteiger partial charge in [-0.25, -0.2) is 4.39 Å². The Bertz CT molecular complexity index is 242. The van der Waals surface area contributed by atoms with Crippen LogP contribution in [0.5, 0.6) is 0 Å². The number of alkyl halides is 1. The predicted molar refractivity (Wildman–Crippen MR) is 74.6 cm³/mol. The number of ether oxygens (including phenoxy) is 1. The lowest BCUT2D eigenvalue weighted by atomic mass is 9.90. The number of aliphatic hydroxyl groups excluding tert-OH is 1. The summed E-state index contributed by atoms with van der Waals surface area (Å²) in [6.45, 7) is 7.28. The van der Waals surface area contributed by atoms with Crippen LogP contribution in [0.25, 0.3) is 0 Å². The van der Waals surface area contributed by atoms with Gasteiger partial charge in [-0.3, -0.25) is 4.79 Å².